The van der Waals surface area contributed by atoms with Crippen LogP contribution in [0.3, 0.4) is 0 Å². The number of hydrogen-bond acceptors (Lipinski definition) is 7. The van der Waals surface area contributed by atoms with Crippen molar-refractivity contribution < 1.29 is 19.3 Å². The van der Waals surface area contributed by atoms with E-state index in [4.69, 9.17) is 4.74 Å². The highest BCUT2D eigenvalue weighted by Crippen LogP contribution is 2.35. The molecule has 1 aliphatic rings. The molecule has 3 atom stereocenters. The molecular formula is C14H13FN4O3S. The summed E-state index contributed by atoms with van der Waals surface area (Å²) in [4.78, 5) is 12.5. The Labute approximate surface area is 134 Å². The molecule has 1 saturated heterocycles. The van der Waals surface area contributed by atoms with Crippen molar-refractivity contribution in [3.05, 3.63) is 29.9 Å². The third-order valence-electron chi connectivity index (χ3n) is 3.89. The van der Waals surface area contributed by atoms with Crippen LogP contribution in [0.25, 0.3) is 21.7 Å². The zero-order chi connectivity index (χ0) is 16.0. The number of rotatable bonds is 3. The Kier molecular flexibility index (Phi) is 3.57. The number of nitrogens with zero attached hydrogens (tertiary/aromatic N) is 4. The number of aliphatic hydroxyl groups excluding tert-OH is 2. The predicted octanol–water partition coefficient (Wildman–Crippen LogP) is 1.33. The van der Waals surface area contributed by atoms with Gasteiger partial charge in [0.1, 0.15) is 35.0 Å². The number of halogens is 1. The molecule has 0 radical (unpaired) electrons. The van der Waals surface area contributed by atoms with Crippen LogP contribution in [0.2, 0.25) is 0 Å². The Morgan fingerprint density at radius 1 is 1.39 bits per heavy atom. The summed E-state index contributed by atoms with van der Waals surface area (Å²) in [6, 6.07) is 0. The fourth-order valence-electron chi connectivity index (χ4n) is 2.81. The summed E-state index contributed by atoms with van der Waals surface area (Å²) >= 11 is 1.36. The van der Waals surface area contributed by atoms with E-state index in [0.717, 1.165) is 0 Å². The standard InChI is InChI=1S/C14H13FN4O3S/c15-7-4-19(10-3-8(21)9(5-20)22-10)13-11(7)12(17-6-18-13)14-16-1-2-23-14/h1-2,4,6,8-10,20-21H,3,5H2/t8-,9+,10+/m0/s1. The molecule has 0 unspecified atom stereocenters. The smallest absolute Gasteiger partial charge is 0.152 e. The first-order valence-electron chi connectivity index (χ1n) is 7.04. The van der Waals surface area contributed by atoms with Crippen molar-refractivity contribution in [1.29, 1.82) is 0 Å². The average Bonchev–Trinajstić information content (AvgIpc) is 3.26. The van der Waals surface area contributed by atoms with Crippen LogP contribution in [-0.2, 0) is 4.74 Å². The van der Waals surface area contributed by atoms with E-state index in [2.05, 4.69) is 15.0 Å². The van der Waals surface area contributed by atoms with Gasteiger partial charge in [-0.1, -0.05) is 0 Å². The maximum absolute atomic E-state index is 14.5. The number of aromatic nitrogens is 4. The Morgan fingerprint density at radius 3 is 2.96 bits per heavy atom. The Morgan fingerprint density at radius 2 is 2.26 bits per heavy atom. The Bertz CT molecular complexity index is 838. The number of fused-ring (bicyclic) bond motifs is 1. The molecule has 23 heavy (non-hydrogen) atoms. The SMILES string of the molecule is OC[C@H]1O[C@@H](n2cc(F)c3c(-c4nccs4)ncnc32)C[C@@H]1O. The van der Waals surface area contributed by atoms with Crippen molar-refractivity contribution in [2.75, 3.05) is 6.61 Å². The zero-order valence-electron chi connectivity index (χ0n) is 11.8. The number of hydrogen-bond donors (Lipinski definition) is 2. The summed E-state index contributed by atoms with van der Waals surface area (Å²) in [5.74, 6) is -0.476. The van der Waals surface area contributed by atoms with Gasteiger partial charge in [-0.05, 0) is 0 Å². The van der Waals surface area contributed by atoms with Crippen LogP contribution in [0.15, 0.2) is 24.1 Å². The van der Waals surface area contributed by atoms with E-state index in [1.54, 1.807) is 11.6 Å². The molecule has 9 heteroatoms. The molecule has 4 heterocycles. The van der Waals surface area contributed by atoms with E-state index in [-0.39, 0.29) is 18.4 Å². The Balaban J connectivity index is 1.83. The van der Waals surface area contributed by atoms with Gasteiger partial charge in [0, 0.05) is 24.2 Å². The maximum atomic E-state index is 14.5. The molecule has 0 spiro atoms. The molecule has 1 fully saturated rings. The van der Waals surface area contributed by atoms with Crippen LogP contribution in [0, 0.1) is 5.82 Å². The van der Waals surface area contributed by atoms with E-state index < -0.39 is 24.3 Å². The van der Waals surface area contributed by atoms with Crippen LogP contribution < -0.4 is 0 Å². The highest BCUT2D eigenvalue weighted by atomic mass is 32.1. The molecule has 4 rings (SSSR count). The molecule has 120 valence electrons. The molecule has 0 bridgehead atoms. The van der Waals surface area contributed by atoms with Crippen LogP contribution in [0.1, 0.15) is 12.6 Å². The van der Waals surface area contributed by atoms with E-state index >= 15 is 0 Å². The first-order valence-corrected chi connectivity index (χ1v) is 7.92. The normalized spacial score (nSPS) is 24.6. The second-order valence-electron chi connectivity index (χ2n) is 5.26. The monoisotopic (exact) mass is 336 g/mol. The van der Waals surface area contributed by atoms with Crippen LogP contribution in [0.5, 0.6) is 0 Å². The first kappa shape index (κ1) is 14.6. The Hall–Kier alpha value is -1.94. The molecule has 3 aromatic heterocycles. The van der Waals surface area contributed by atoms with Crippen molar-refractivity contribution in [3.8, 4) is 10.7 Å². The van der Waals surface area contributed by atoms with Gasteiger partial charge in [-0.25, -0.2) is 19.3 Å². The summed E-state index contributed by atoms with van der Waals surface area (Å²) in [7, 11) is 0. The van der Waals surface area contributed by atoms with Crippen molar-refractivity contribution in [1.82, 2.24) is 19.5 Å². The third-order valence-corrected chi connectivity index (χ3v) is 4.67. The fourth-order valence-corrected chi connectivity index (χ4v) is 3.45. The van der Waals surface area contributed by atoms with Gasteiger partial charge in [0.15, 0.2) is 5.82 Å². The number of ether oxygens (including phenoxy) is 1. The minimum atomic E-state index is -0.800. The molecule has 7 nitrogen and oxygen atoms in total. The van der Waals surface area contributed by atoms with Gasteiger partial charge in [-0.3, -0.25) is 0 Å². The topological polar surface area (TPSA) is 93.3 Å². The minimum absolute atomic E-state index is 0.255. The van der Waals surface area contributed by atoms with Crippen molar-refractivity contribution in [3.63, 3.8) is 0 Å². The zero-order valence-corrected chi connectivity index (χ0v) is 12.6. The van der Waals surface area contributed by atoms with Gasteiger partial charge in [-0.2, -0.15) is 0 Å². The lowest BCUT2D eigenvalue weighted by Crippen LogP contribution is -2.24. The van der Waals surface area contributed by atoms with Crippen LogP contribution >= 0.6 is 11.3 Å². The van der Waals surface area contributed by atoms with Gasteiger partial charge >= 0.3 is 0 Å². The maximum Gasteiger partial charge on any atom is 0.152 e. The van der Waals surface area contributed by atoms with E-state index in [0.29, 0.717) is 16.3 Å². The minimum Gasteiger partial charge on any atom is -0.394 e. The molecule has 0 aromatic carbocycles. The quantitative estimate of drug-likeness (QED) is 0.750. The van der Waals surface area contributed by atoms with Gasteiger partial charge in [-0.15, -0.1) is 11.3 Å². The largest absolute Gasteiger partial charge is 0.394 e. The summed E-state index contributed by atoms with van der Waals surface area (Å²) in [5.41, 5.74) is 0.803. The second-order valence-corrected chi connectivity index (χ2v) is 6.15. The summed E-state index contributed by atoms with van der Waals surface area (Å²) < 4.78 is 21.6. The number of thiazole rings is 1. The lowest BCUT2D eigenvalue weighted by atomic mass is 10.2. The summed E-state index contributed by atoms with van der Waals surface area (Å²) in [6.45, 7) is -0.293. The van der Waals surface area contributed by atoms with Gasteiger partial charge in [0.25, 0.3) is 0 Å². The molecule has 0 aliphatic carbocycles. The molecule has 0 saturated carbocycles. The van der Waals surface area contributed by atoms with E-state index in [1.807, 2.05) is 0 Å². The molecule has 1 aliphatic heterocycles. The predicted molar refractivity (Wildman–Crippen MR) is 80.2 cm³/mol. The lowest BCUT2D eigenvalue weighted by molar-refractivity contribution is -0.0431. The third kappa shape index (κ3) is 2.32. The summed E-state index contributed by atoms with van der Waals surface area (Å²) in [5, 5.41) is 21.7. The van der Waals surface area contributed by atoms with Crippen LogP contribution in [-0.4, -0.2) is 48.5 Å². The first-order chi connectivity index (χ1) is 11.2. The van der Waals surface area contributed by atoms with E-state index in [9.17, 15) is 14.6 Å². The van der Waals surface area contributed by atoms with Crippen LogP contribution in [0.4, 0.5) is 4.39 Å². The molecule has 3 aromatic rings. The fraction of sp³-hybridized carbons (Fsp3) is 0.357. The van der Waals surface area contributed by atoms with Crippen molar-refractivity contribution >= 4 is 22.4 Å². The second kappa shape index (κ2) is 5.60. The summed E-state index contributed by atoms with van der Waals surface area (Å²) in [6.07, 6.45) is 2.45. The highest BCUT2D eigenvalue weighted by molar-refractivity contribution is 7.13. The van der Waals surface area contributed by atoms with Gasteiger partial charge in [0.05, 0.1) is 18.1 Å². The molecule has 2 N–H and O–H groups in total. The van der Waals surface area contributed by atoms with Gasteiger partial charge < -0.3 is 19.5 Å². The number of aliphatic hydroxyl groups is 2. The molecule has 0 amide bonds. The average molecular weight is 336 g/mol. The van der Waals surface area contributed by atoms with Crippen molar-refractivity contribution in [2.45, 2.75) is 24.9 Å². The van der Waals surface area contributed by atoms with Gasteiger partial charge in [0.2, 0.25) is 0 Å². The highest BCUT2D eigenvalue weighted by Gasteiger charge is 2.35. The lowest BCUT2D eigenvalue weighted by Gasteiger charge is -2.14. The van der Waals surface area contributed by atoms with Crippen molar-refractivity contribution in [2.24, 2.45) is 0 Å². The van der Waals surface area contributed by atoms with E-state index in [1.165, 1.54) is 28.4 Å². The molecular weight excluding hydrogens is 323 g/mol.